The highest BCUT2D eigenvalue weighted by molar-refractivity contribution is 6.29. The van der Waals surface area contributed by atoms with Crippen molar-refractivity contribution in [1.82, 2.24) is 14.9 Å². The Hall–Kier alpha value is -2.40. The molecule has 1 fully saturated rings. The van der Waals surface area contributed by atoms with Crippen LogP contribution in [0.3, 0.4) is 0 Å². The third kappa shape index (κ3) is 4.37. The summed E-state index contributed by atoms with van der Waals surface area (Å²) in [6.45, 7) is 3.34. The van der Waals surface area contributed by atoms with E-state index in [0.29, 0.717) is 24.5 Å². The maximum atomic E-state index is 12.7. The number of hydrogen-bond acceptors (Lipinski definition) is 4. The first-order chi connectivity index (χ1) is 12.0. The van der Waals surface area contributed by atoms with E-state index in [2.05, 4.69) is 16.0 Å². The SMILES string of the molecule is COc1cc(C(=O)N2CCC(=Cc3cccc(C)n3)CC2)cc(Cl)n1. The van der Waals surface area contributed by atoms with Crippen molar-refractivity contribution in [3.63, 3.8) is 0 Å². The van der Waals surface area contributed by atoms with Crippen molar-refractivity contribution in [3.05, 3.63) is 58.0 Å². The summed E-state index contributed by atoms with van der Waals surface area (Å²) in [4.78, 5) is 23.0. The number of nitrogens with zero attached hydrogens (tertiary/aromatic N) is 3. The average Bonchev–Trinajstić information content (AvgIpc) is 2.61. The number of hydrogen-bond donors (Lipinski definition) is 0. The summed E-state index contributed by atoms with van der Waals surface area (Å²) in [5, 5.41) is 0.255. The number of halogens is 1. The van der Waals surface area contributed by atoms with Crippen molar-refractivity contribution in [3.8, 4) is 5.88 Å². The summed E-state index contributed by atoms with van der Waals surface area (Å²) in [7, 11) is 1.50. The van der Waals surface area contributed by atoms with Crippen LogP contribution in [0, 0.1) is 6.92 Å². The lowest BCUT2D eigenvalue weighted by atomic mass is 10.0. The molecule has 130 valence electrons. The third-order valence-corrected chi connectivity index (χ3v) is 4.38. The fraction of sp³-hybridized carbons (Fsp3) is 0.316. The number of ether oxygens (including phenoxy) is 1. The molecule has 2 aromatic rings. The van der Waals surface area contributed by atoms with Crippen molar-refractivity contribution in [2.45, 2.75) is 19.8 Å². The Kier molecular flexibility index (Phi) is 5.34. The zero-order chi connectivity index (χ0) is 17.8. The van der Waals surface area contributed by atoms with Crippen LogP contribution in [0.25, 0.3) is 6.08 Å². The van der Waals surface area contributed by atoms with Crippen LogP contribution in [0.1, 0.15) is 34.6 Å². The Morgan fingerprint density at radius 1 is 1.24 bits per heavy atom. The number of pyridine rings is 2. The molecule has 0 atom stereocenters. The predicted octanol–water partition coefficient (Wildman–Crippen LogP) is 3.77. The monoisotopic (exact) mass is 357 g/mol. The molecule has 0 aliphatic carbocycles. The lowest BCUT2D eigenvalue weighted by molar-refractivity contribution is 0.0743. The number of carbonyl (C=O) groups is 1. The molecular formula is C19H20ClN3O2. The van der Waals surface area contributed by atoms with Crippen LogP contribution in [-0.2, 0) is 0 Å². The zero-order valence-electron chi connectivity index (χ0n) is 14.3. The highest BCUT2D eigenvalue weighted by atomic mass is 35.5. The molecule has 5 nitrogen and oxygen atoms in total. The standard InChI is InChI=1S/C19H20ClN3O2/c1-13-4-3-5-16(21-13)10-14-6-8-23(9-7-14)19(24)15-11-17(20)22-18(12-15)25-2/h3-5,10-12H,6-9H2,1-2H3. The van der Waals surface area contributed by atoms with E-state index in [0.717, 1.165) is 24.2 Å². The first-order valence-electron chi connectivity index (χ1n) is 8.19. The summed E-state index contributed by atoms with van der Waals surface area (Å²) in [5.41, 5.74) is 3.79. The van der Waals surface area contributed by atoms with Crippen LogP contribution in [0.15, 0.2) is 35.9 Å². The summed E-state index contributed by atoms with van der Waals surface area (Å²) in [5.74, 6) is 0.300. The molecular weight excluding hydrogens is 338 g/mol. The van der Waals surface area contributed by atoms with Gasteiger partial charge in [-0.05, 0) is 44.0 Å². The molecule has 0 radical (unpaired) electrons. The molecule has 0 spiro atoms. The van der Waals surface area contributed by atoms with Gasteiger partial charge in [-0.15, -0.1) is 0 Å². The molecule has 0 saturated carbocycles. The highest BCUT2D eigenvalue weighted by Gasteiger charge is 2.21. The number of likely N-dealkylation sites (tertiary alicyclic amines) is 1. The molecule has 0 aromatic carbocycles. The van der Waals surface area contributed by atoms with E-state index in [1.807, 2.05) is 30.0 Å². The lowest BCUT2D eigenvalue weighted by Crippen LogP contribution is -2.36. The number of piperidine rings is 1. The molecule has 0 bridgehead atoms. The molecule has 1 amide bonds. The molecule has 25 heavy (non-hydrogen) atoms. The first kappa shape index (κ1) is 17.4. The summed E-state index contributed by atoms with van der Waals surface area (Å²) < 4.78 is 5.08. The molecule has 6 heteroatoms. The Bertz CT molecular complexity index is 810. The topological polar surface area (TPSA) is 55.3 Å². The number of amides is 1. The van der Waals surface area contributed by atoms with E-state index >= 15 is 0 Å². The van der Waals surface area contributed by atoms with Gasteiger partial charge in [0.15, 0.2) is 0 Å². The van der Waals surface area contributed by atoms with Crippen LogP contribution in [0.5, 0.6) is 5.88 Å². The van der Waals surface area contributed by atoms with Gasteiger partial charge in [-0.1, -0.05) is 23.2 Å². The molecule has 1 aliphatic rings. The van der Waals surface area contributed by atoms with Crippen molar-refractivity contribution in [2.24, 2.45) is 0 Å². The van der Waals surface area contributed by atoms with E-state index < -0.39 is 0 Å². The Balaban J connectivity index is 1.68. The van der Waals surface area contributed by atoms with Gasteiger partial charge < -0.3 is 9.64 Å². The molecule has 1 saturated heterocycles. The van der Waals surface area contributed by atoms with Crippen LogP contribution < -0.4 is 4.74 Å². The van der Waals surface area contributed by atoms with Crippen molar-refractivity contribution < 1.29 is 9.53 Å². The molecule has 3 rings (SSSR count). The van der Waals surface area contributed by atoms with E-state index in [1.54, 1.807) is 12.1 Å². The van der Waals surface area contributed by atoms with Gasteiger partial charge in [-0.25, -0.2) is 4.98 Å². The number of carbonyl (C=O) groups excluding carboxylic acids is 1. The predicted molar refractivity (Wildman–Crippen MR) is 97.9 cm³/mol. The van der Waals surface area contributed by atoms with Gasteiger partial charge in [0.1, 0.15) is 5.15 Å². The summed E-state index contributed by atoms with van der Waals surface area (Å²) in [6.07, 6.45) is 3.82. The average molecular weight is 358 g/mol. The highest BCUT2D eigenvalue weighted by Crippen LogP contribution is 2.22. The van der Waals surface area contributed by atoms with E-state index in [4.69, 9.17) is 16.3 Å². The maximum Gasteiger partial charge on any atom is 0.254 e. The van der Waals surface area contributed by atoms with Crippen LogP contribution in [0.4, 0.5) is 0 Å². The van der Waals surface area contributed by atoms with Crippen LogP contribution in [-0.4, -0.2) is 41.0 Å². The fourth-order valence-electron chi connectivity index (χ4n) is 2.88. The fourth-order valence-corrected chi connectivity index (χ4v) is 3.08. The number of methoxy groups -OCH3 is 1. The second kappa shape index (κ2) is 7.66. The molecule has 3 heterocycles. The minimum absolute atomic E-state index is 0.0460. The zero-order valence-corrected chi connectivity index (χ0v) is 15.1. The van der Waals surface area contributed by atoms with Gasteiger partial charge in [-0.3, -0.25) is 9.78 Å². The Morgan fingerprint density at radius 3 is 2.68 bits per heavy atom. The van der Waals surface area contributed by atoms with Gasteiger partial charge in [0.05, 0.1) is 12.8 Å². The second-order valence-corrected chi connectivity index (χ2v) is 6.41. The minimum atomic E-state index is -0.0460. The smallest absolute Gasteiger partial charge is 0.254 e. The Morgan fingerprint density at radius 2 is 2.00 bits per heavy atom. The van der Waals surface area contributed by atoms with Gasteiger partial charge >= 0.3 is 0 Å². The van der Waals surface area contributed by atoms with Crippen LogP contribution >= 0.6 is 11.6 Å². The second-order valence-electron chi connectivity index (χ2n) is 6.02. The summed E-state index contributed by atoms with van der Waals surface area (Å²) >= 11 is 5.96. The number of aromatic nitrogens is 2. The van der Waals surface area contributed by atoms with Gasteiger partial charge in [0.2, 0.25) is 5.88 Å². The molecule has 1 aliphatic heterocycles. The summed E-state index contributed by atoms with van der Waals surface area (Å²) in [6, 6.07) is 9.19. The van der Waals surface area contributed by atoms with Crippen LogP contribution in [0.2, 0.25) is 5.15 Å². The quantitative estimate of drug-likeness (QED) is 0.785. The number of rotatable bonds is 3. The lowest BCUT2D eigenvalue weighted by Gasteiger charge is -2.28. The first-order valence-corrected chi connectivity index (χ1v) is 8.57. The van der Waals surface area contributed by atoms with Gasteiger partial charge in [0, 0.05) is 30.4 Å². The van der Waals surface area contributed by atoms with E-state index in [-0.39, 0.29) is 11.1 Å². The van der Waals surface area contributed by atoms with Gasteiger partial charge in [0.25, 0.3) is 5.91 Å². The molecule has 0 N–H and O–H groups in total. The normalized spacial score (nSPS) is 14.4. The minimum Gasteiger partial charge on any atom is -0.481 e. The van der Waals surface area contributed by atoms with Crippen molar-refractivity contribution >= 4 is 23.6 Å². The van der Waals surface area contributed by atoms with Gasteiger partial charge in [-0.2, -0.15) is 0 Å². The number of aryl methyl sites for hydroxylation is 1. The van der Waals surface area contributed by atoms with E-state index in [1.165, 1.54) is 12.7 Å². The Labute approximate surface area is 152 Å². The van der Waals surface area contributed by atoms with E-state index in [9.17, 15) is 4.79 Å². The van der Waals surface area contributed by atoms with Crippen molar-refractivity contribution in [2.75, 3.05) is 20.2 Å². The largest absolute Gasteiger partial charge is 0.481 e. The molecule has 2 aromatic heterocycles. The maximum absolute atomic E-state index is 12.7. The third-order valence-electron chi connectivity index (χ3n) is 4.18. The van der Waals surface area contributed by atoms with Crippen molar-refractivity contribution in [1.29, 1.82) is 0 Å². The molecule has 0 unspecified atom stereocenters.